The van der Waals surface area contributed by atoms with E-state index >= 15 is 0 Å². The molecule has 5 nitrogen and oxygen atoms in total. The zero-order chi connectivity index (χ0) is 11.3. The fraction of sp³-hybridized carbons (Fsp3) is 0.600. The van der Waals surface area contributed by atoms with Crippen molar-refractivity contribution < 1.29 is 9.32 Å². The highest BCUT2D eigenvalue weighted by Crippen LogP contribution is 2.17. The summed E-state index contributed by atoms with van der Waals surface area (Å²) in [4.78, 5) is 11.4. The maximum absolute atomic E-state index is 11.4. The van der Waals surface area contributed by atoms with Crippen molar-refractivity contribution in [2.45, 2.75) is 27.2 Å². The van der Waals surface area contributed by atoms with Crippen LogP contribution in [0.1, 0.15) is 24.6 Å². The molecule has 1 rings (SSSR count). The lowest BCUT2D eigenvalue weighted by Crippen LogP contribution is -2.21. The van der Waals surface area contributed by atoms with E-state index < -0.39 is 0 Å². The monoisotopic (exact) mass is 211 g/mol. The standard InChI is InChI=1S/C10H17N3O2/c1-4-11-6-5-9(14)12-10-7(2)8(3)13-15-10/h11H,4-6H2,1-3H3,(H,12,14). The first-order valence-corrected chi connectivity index (χ1v) is 5.08. The summed E-state index contributed by atoms with van der Waals surface area (Å²) in [6, 6.07) is 0. The van der Waals surface area contributed by atoms with E-state index in [0.29, 0.717) is 18.8 Å². The van der Waals surface area contributed by atoms with Crippen LogP contribution in [0.25, 0.3) is 0 Å². The molecule has 0 atom stereocenters. The fourth-order valence-electron chi connectivity index (χ4n) is 1.10. The number of hydrogen-bond donors (Lipinski definition) is 2. The lowest BCUT2D eigenvalue weighted by molar-refractivity contribution is -0.116. The molecule has 0 bridgehead atoms. The molecule has 0 aliphatic carbocycles. The molecule has 0 radical (unpaired) electrons. The zero-order valence-electron chi connectivity index (χ0n) is 9.39. The predicted octanol–water partition coefficient (Wildman–Crippen LogP) is 1.23. The van der Waals surface area contributed by atoms with Gasteiger partial charge in [0.05, 0.1) is 5.69 Å². The molecular formula is C10H17N3O2. The van der Waals surface area contributed by atoms with Crippen LogP contribution < -0.4 is 10.6 Å². The first kappa shape index (κ1) is 11.7. The summed E-state index contributed by atoms with van der Waals surface area (Å²) in [6.07, 6.45) is 0.438. The largest absolute Gasteiger partial charge is 0.338 e. The predicted molar refractivity (Wildman–Crippen MR) is 57.8 cm³/mol. The van der Waals surface area contributed by atoms with Gasteiger partial charge in [0.1, 0.15) is 0 Å². The molecule has 0 spiro atoms. The van der Waals surface area contributed by atoms with Crippen molar-refractivity contribution in [3.8, 4) is 0 Å². The summed E-state index contributed by atoms with van der Waals surface area (Å²) in [5, 5.41) is 9.52. The third-order valence-corrected chi connectivity index (χ3v) is 2.19. The summed E-state index contributed by atoms with van der Waals surface area (Å²) in [7, 11) is 0. The van der Waals surface area contributed by atoms with Gasteiger partial charge in [-0.25, -0.2) is 0 Å². The minimum Gasteiger partial charge on any atom is -0.338 e. The van der Waals surface area contributed by atoms with Crippen molar-refractivity contribution >= 4 is 11.8 Å². The van der Waals surface area contributed by atoms with Crippen LogP contribution in [-0.2, 0) is 4.79 Å². The van der Waals surface area contributed by atoms with E-state index in [-0.39, 0.29) is 5.91 Å². The second-order valence-corrected chi connectivity index (χ2v) is 3.37. The van der Waals surface area contributed by atoms with Crippen molar-refractivity contribution in [2.24, 2.45) is 0 Å². The number of amides is 1. The zero-order valence-corrected chi connectivity index (χ0v) is 9.39. The van der Waals surface area contributed by atoms with Gasteiger partial charge in [-0.2, -0.15) is 0 Å². The highest BCUT2D eigenvalue weighted by molar-refractivity contribution is 5.90. The number of hydrogen-bond acceptors (Lipinski definition) is 4. The second-order valence-electron chi connectivity index (χ2n) is 3.37. The van der Waals surface area contributed by atoms with Gasteiger partial charge in [-0.1, -0.05) is 12.1 Å². The smallest absolute Gasteiger partial charge is 0.234 e. The molecule has 0 unspecified atom stereocenters. The maximum atomic E-state index is 11.4. The maximum Gasteiger partial charge on any atom is 0.234 e. The average molecular weight is 211 g/mol. The van der Waals surface area contributed by atoms with E-state index in [9.17, 15) is 4.79 Å². The van der Waals surface area contributed by atoms with Gasteiger partial charge in [0, 0.05) is 18.5 Å². The van der Waals surface area contributed by atoms with Gasteiger partial charge in [0.25, 0.3) is 0 Å². The van der Waals surface area contributed by atoms with Crippen LogP contribution in [0.5, 0.6) is 0 Å². The Bertz CT molecular complexity index is 333. The number of aryl methyl sites for hydroxylation is 1. The third kappa shape index (κ3) is 3.36. The number of aromatic nitrogens is 1. The normalized spacial score (nSPS) is 10.3. The first-order valence-electron chi connectivity index (χ1n) is 5.08. The molecule has 1 aromatic heterocycles. The van der Waals surface area contributed by atoms with E-state index in [2.05, 4.69) is 15.8 Å². The fourth-order valence-corrected chi connectivity index (χ4v) is 1.10. The Morgan fingerprint density at radius 1 is 1.47 bits per heavy atom. The molecule has 0 fully saturated rings. The lowest BCUT2D eigenvalue weighted by atomic mass is 10.3. The van der Waals surface area contributed by atoms with Crippen molar-refractivity contribution in [1.82, 2.24) is 10.5 Å². The molecule has 2 N–H and O–H groups in total. The number of carbonyl (C=O) groups is 1. The highest BCUT2D eigenvalue weighted by Gasteiger charge is 2.10. The molecule has 15 heavy (non-hydrogen) atoms. The molecule has 0 aliphatic heterocycles. The quantitative estimate of drug-likeness (QED) is 0.719. The van der Waals surface area contributed by atoms with E-state index in [4.69, 9.17) is 4.52 Å². The Hall–Kier alpha value is -1.36. The number of anilines is 1. The molecule has 1 amide bonds. The van der Waals surface area contributed by atoms with Gasteiger partial charge in [-0.3, -0.25) is 10.1 Å². The molecule has 84 valence electrons. The van der Waals surface area contributed by atoms with Crippen LogP contribution >= 0.6 is 0 Å². The summed E-state index contributed by atoms with van der Waals surface area (Å²) in [5.74, 6) is 0.393. The summed E-state index contributed by atoms with van der Waals surface area (Å²) < 4.78 is 4.97. The molecule has 0 aromatic carbocycles. The average Bonchev–Trinajstić information content (AvgIpc) is 2.50. The number of nitrogens with one attached hydrogen (secondary N) is 2. The Labute approximate surface area is 89.2 Å². The molecule has 1 aromatic rings. The molecular weight excluding hydrogens is 194 g/mol. The van der Waals surface area contributed by atoms with Gasteiger partial charge >= 0.3 is 0 Å². The summed E-state index contributed by atoms with van der Waals surface area (Å²) in [6.45, 7) is 7.25. The van der Waals surface area contributed by atoms with Gasteiger partial charge in [0.2, 0.25) is 11.8 Å². The number of rotatable bonds is 5. The van der Waals surface area contributed by atoms with Crippen LogP contribution in [0, 0.1) is 13.8 Å². The molecule has 0 saturated carbocycles. The SMILES string of the molecule is CCNCCC(=O)Nc1onc(C)c1C. The van der Waals surface area contributed by atoms with E-state index in [0.717, 1.165) is 17.8 Å². The third-order valence-electron chi connectivity index (χ3n) is 2.19. The van der Waals surface area contributed by atoms with Crippen LogP contribution in [0.15, 0.2) is 4.52 Å². The molecule has 5 heteroatoms. The molecule has 0 saturated heterocycles. The summed E-state index contributed by atoms with van der Waals surface area (Å²) >= 11 is 0. The lowest BCUT2D eigenvalue weighted by Gasteiger charge is -2.02. The van der Waals surface area contributed by atoms with Crippen LogP contribution in [0.3, 0.4) is 0 Å². The van der Waals surface area contributed by atoms with Crippen LogP contribution in [0.4, 0.5) is 5.88 Å². The Morgan fingerprint density at radius 2 is 2.20 bits per heavy atom. The Morgan fingerprint density at radius 3 is 2.73 bits per heavy atom. The molecule has 1 heterocycles. The van der Waals surface area contributed by atoms with Crippen molar-refractivity contribution in [3.05, 3.63) is 11.3 Å². The van der Waals surface area contributed by atoms with Gasteiger partial charge in [-0.05, 0) is 20.4 Å². The van der Waals surface area contributed by atoms with E-state index in [1.54, 1.807) is 0 Å². The van der Waals surface area contributed by atoms with Gasteiger partial charge in [-0.15, -0.1) is 0 Å². The number of nitrogens with zero attached hydrogens (tertiary/aromatic N) is 1. The summed E-state index contributed by atoms with van der Waals surface area (Å²) in [5.41, 5.74) is 1.68. The minimum atomic E-state index is -0.0600. The van der Waals surface area contributed by atoms with Crippen LogP contribution in [-0.4, -0.2) is 24.2 Å². The van der Waals surface area contributed by atoms with Crippen molar-refractivity contribution in [3.63, 3.8) is 0 Å². The first-order chi connectivity index (χ1) is 7.15. The van der Waals surface area contributed by atoms with E-state index in [1.165, 1.54) is 0 Å². The van der Waals surface area contributed by atoms with Crippen molar-refractivity contribution in [2.75, 3.05) is 18.4 Å². The second kappa shape index (κ2) is 5.50. The van der Waals surface area contributed by atoms with Crippen LogP contribution in [0.2, 0.25) is 0 Å². The highest BCUT2D eigenvalue weighted by atomic mass is 16.5. The Kier molecular flexibility index (Phi) is 4.30. The minimum absolute atomic E-state index is 0.0600. The Balaban J connectivity index is 2.41. The number of carbonyl (C=O) groups excluding carboxylic acids is 1. The van der Waals surface area contributed by atoms with Crippen molar-refractivity contribution in [1.29, 1.82) is 0 Å². The molecule has 0 aliphatic rings. The van der Waals surface area contributed by atoms with E-state index in [1.807, 2.05) is 20.8 Å². The topological polar surface area (TPSA) is 67.2 Å². The van der Waals surface area contributed by atoms with Gasteiger partial charge < -0.3 is 9.84 Å². The van der Waals surface area contributed by atoms with Gasteiger partial charge in [0.15, 0.2) is 0 Å².